The molecule has 0 bridgehead atoms. The Bertz CT molecular complexity index is 550. The van der Waals surface area contributed by atoms with Gasteiger partial charge in [-0.05, 0) is 12.5 Å². The minimum absolute atomic E-state index is 0.0413. The monoisotopic (exact) mass is 272 g/mol. The number of nitro groups is 1. The number of rotatable bonds is 2. The van der Waals surface area contributed by atoms with Crippen molar-refractivity contribution in [2.24, 2.45) is 0 Å². The number of likely N-dealkylation sites (tertiary alicyclic amines) is 1. The molecular formula is C11H10F2N2O4. The van der Waals surface area contributed by atoms with Crippen molar-refractivity contribution in [3.63, 3.8) is 0 Å². The SMILES string of the molecule is O=C(c1c(F)ccc([N+](=O)[O-])c1F)N1CCC(O)C1. The highest BCUT2D eigenvalue weighted by Crippen LogP contribution is 2.25. The lowest BCUT2D eigenvalue weighted by molar-refractivity contribution is -0.387. The zero-order valence-electron chi connectivity index (χ0n) is 9.68. The quantitative estimate of drug-likeness (QED) is 0.645. The van der Waals surface area contributed by atoms with Gasteiger partial charge < -0.3 is 10.0 Å². The fourth-order valence-electron chi connectivity index (χ4n) is 1.96. The largest absolute Gasteiger partial charge is 0.391 e. The summed E-state index contributed by atoms with van der Waals surface area (Å²) in [6.45, 7) is 0.113. The summed E-state index contributed by atoms with van der Waals surface area (Å²) in [5, 5.41) is 19.8. The third kappa shape index (κ3) is 2.39. The highest BCUT2D eigenvalue weighted by molar-refractivity contribution is 5.95. The van der Waals surface area contributed by atoms with Gasteiger partial charge in [-0.2, -0.15) is 4.39 Å². The number of carbonyl (C=O) groups excluding carboxylic acids is 1. The molecule has 1 aliphatic rings. The van der Waals surface area contributed by atoms with Gasteiger partial charge in [-0.3, -0.25) is 14.9 Å². The van der Waals surface area contributed by atoms with Crippen molar-refractivity contribution in [3.05, 3.63) is 39.4 Å². The fourth-order valence-corrected chi connectivity index (χ4v) is 1.96. The molecule has 0 radical (unpaired) electrons. The summed E-state index contributed by atoms with van der Waals surface area (Å²) >= 11 is 0. The van der Waals surface area contributed by atoms with Crippen LogP contribution < -0.4 is 0 Å². The molecule has 1 aromatic rings. The number of halogens is 2. The number of benzene rings is 1. The number of carbonyl (C=O) groups is 1. The number of amides is 1. The summed E-state index contributed by atoms with van der Waals surface area (Å²) in [7, 11) is 0. The normalized spacial score (nSPS) is 18.7. The van der Waals surface area contributed by atoms with E-state index in [0.29, 0.717) is 18.6 Å². The van der Waals surface area contributed by atoms with E-state index in [4.69, 9.17) is 0 Å². The minimum atomic E-state index is -1.49. The van der Waals surface area contributed by atoms with Crippen LogP contribution in [0.3, 0.4) is 0 Å². The molecule has 1 N–H and O–H groups in total. The lowest BCUT2D eigenvalue weighted by Crippen LogP contribution is -2.31. The van der Waals surface area contributed by atoms with Gasteiger partial charge in [-0.25, -0.2) is 4.39 Å². The Morgan fingerprint density at radius 1 is 1.47 bits per heavy atom. The van der Waals surface area contributed by atoms with Crippen molar-refractivity contribution < 1.29 is 23.6 Å². The van der Waals surface area contributed by atoms with E-state index in [0.717, 1.165) is 4.90 Å². The molecule has 8 heteroatoms. The van der Waals surface area contributed by atoms with Crippen molar-refractivity contribution in [2.75, 3.05) is 13.1 Å². The Kier molecular flexibility index (Phi) is 3.43. The predicted octanol–water partition coefficient (Wildman–Crippen LogP) is 1.08. The second-order valence-corrected chi connectivity index (χ2v) is 4.21. The number of aliphatic hydroxyl groups is 1. The molecule has 1 aliphatic heterocycles. The van der Waals surface area contributed by atoms with Crippen LogP contribution in [0.4, 0.5) is 14.5 Å². The second kappa shape index (κ2) is 4.88. The third-order valence-electron chi connectivity index (χ3n) is 2.93. The molecule has 102 valence electrons. The van der Waals surface area contributed by atoms with Crippen molar-refractivity contribution in [3.8, 4) is 0 Å². The van der Waals surface area contributed by atoms with Gasteiger partial charge in [0, 0.05) is 19.2 Å². The highest BCUT2D eigenvalue weighted by atomic mass is 19.1. The summed E-state index contributed by atoms with van der Waals surface area (Å²) < 4.78 is 27.3. The van der Waals surface area contributed by atoms with E-state index >= 15 is 0 Å². The second-order valence-electron chi connectivity index (χ2n) is 4.21. The molecule has 1 saturated heterocycles. The maximum absolute atomic E-state index is 13.8. The van der Waals surface area contributed by atoms with Gasteiger partial charge in [-0.15, -0.1) is 0 Å². The van der Waals surface area contributed by atoms with Gasteiger partial charge in [0.25, 0.3) is 5.91 Å². The van der Waals surface area contributed by atoms with Crippen molar-refractivity contribution >= 4 is 11.6 Å². The molecule has 0 spiro atoms. The summed E-state index contributed by atoms with van der Waals surface area (Å²) in [4.78, 5) is 22.5. The Morgan fingerprint density at radius 2 is 2.16 bits per heavy atom. The molecule has 1 fully saturated rings. The standard InChI is InChI=1S/C11H10F2N2O4/c12-7-1-2-8(15(18)19)10(13)9(7)11(17)14-4-3-6(16)5-14/h1-2,6,16H,3-5H2. The van der Waals surface area contributed by atoms with Crippen LogP contribution in [-0.4, -0.2) is 40.0 Å². The van der Waals surface area contributed by atoms with Crippen LogP contribution in [0.15, 0.2) is 12.1 Å². The van der Waals surface area contributed by atoms with E-state index in [1.807, 2.05) is 0 Å². The first-order chi connectivity index (χ1) is 8.91. The number of nitro benzene ring substituents is 1. The molecule has 1 amide bonds. The number of hydrogen-bond acceptors (Lipinski definition) is 4. The molecule has 1 unspecified atom stereocenters. The lowest BCUT2D eigenvalue weighted by atomic mass is 10.1. The number of β-amino-alcohol motifs (C(OH)–C–C–N with tert-alkyl or cyclic N) is 1. The van der Waals surface area contributed by atoms with Crippen LogP contribution in [0.1, 0.15) is 16.8 Å². The Balaban J connectivity index is 2.41. The van der Waals surface area contributed by atoms with E-state index < -0.39 is 39.8 Å². The predicted molar refractivity (Wildman–Crippen MR) is 59.5 cm³/mol. The molecular weight excluding hydrogens is 262 g/mol. The van der Waals surface area contributed by atoms with Gasteiger partial charge in [0.15, 0.2) is 0 Å². The average molecular weight is 272 g/mol. The van der Waals surface area contributed by atoms with E-state index in [2.05, 4.69) is 0 Å². The summed E-state index contributed by atoms with van der Waals surface area (Å²) in [5.41, 5.74) is -1.91. The third-order valence-corrected chi connectivity index (χ3v) is 2.93. The van der Waals surface area contributed by atoms with Gasteiger partial charge in [-0.1, -0.05) is 0 Å². The Hall–Kier alpha value is -2.09. The Labute approximate surface area is 106 Å². The van der Waals surface area contributed by atoms with E-state index in [-0.39, 0.29) is 13.1 Å². The Morgan fingerprint density at radius 3 is 2.68 bits per heavy atom. The maximum atomic E-state index is 13.8. The van der Waals surface area contributed by atoms with Crippen LogP contribution >= 0.6 is 0 Å². The molecule has 1 aromatic carbocycles. The molecule has 6 nitrogen and oxygen atoms in total. The zero-order valence-corrected chi connectivity index (χ0v) is 9.68. The molecule has 0 aromatic heterocycles. The smallest absolute Gasteiger partial charge is 0.305 e. The van der Waals surface area contributed by atoms with Crippen LogP contribution in [0.25, 0.3) is 0 Å². The van der Waals surface area contributed by atoms with Crippen molar-refractivity contribution in [2.45, 2.75) is 12.5 Å². The van der Waals surface area contributed by atoms with E-state index in [1.54, 1.807) is 0 Å². The average Bonchev–Trinajstić information content (AvgIpc) is 2.75. The van der Waals surface area contributed by atoms with Gasteiger partial charge in [0.05, 0.1) is 11.0 Å². The van der Waals surface area contributed by atoms with Gasteiger partial charge >= 0.3 is 5.69 Å². The molecule has 2 rings (SSSR count). The van der Waals surface area contributed by atoms with Crippen molar-refractivity contribution in [1.82, 2.24) is 4.90 Å². The van der Waals surface area contributed by atoms with E-state index in [9.17, 15) is 28.8 Å². The van der Waals surface area contributed by atoms with Crippen molar-refractivity contribution in [1.29, 1.82) is 0 Å². The zero-order chi connectivity index (χ0) is 14.2. The summed E-state index contributed by atoms with van der Waals surface area (Å²) in [6, 6.07) is 1.35. The molecule has 1 atom stereocenters. The number of aliphatic hydroxyl groups excluding tert-OH is 1. The first-order valence-corrected chi connectivity index (χ1v) is 5.51. The minimum Gasteiger partial charge on any atom is -0.391 e. The summed E-state index contributed by atoms with van der Waals surface area (Å²) in [5.74, 6) is -3.64. The van der Waals surface area contributed by atoms with Crippen LogP contribution in [0.5, 0.6) is 0 Å². The number of nitrogens with zero attached hydrogens (tertiary/aromatic N) is 2. The van der Waals surface area contributed by atoms with E-state index in [1.165, 1.54) is 0 Å². The highest BCUT2D eigenvalue weighted by Gasteiger charge is 2.32. The van der Waals surface area contributed by atoms with Gasteiger partial charge in [0.2, 0.25) is 5.82 Å². The molecule has 19 heavy (non-hydrogen) atoms. The van der Waals surface area contributed by atoms with Crippen LogP contribution in [0.2, 0.25) is 0 Å². The molecule has 0 saturated carbocycles. The molecule has 1 heterocycles. The van der Waals surface area contributed by atoms with Crippen LogP contribution in [-0.2, 0) is 0 Å². The van der Waals surface area contributed by atoms with Crippen LogP contribution in [0, 0.1) is 21.7 Å². The fraction of sp³-hybridized carbons (Fsp3) is 0.364. The number of hydrogen-bond donors (Lipinski definition) is 1. The first-order valence-electron chi connectivity index (χ1n) is 5.51. The summed E-state index contributed by atoms with van der Waals surface area (Å²) in [6.07, 6.45) is -0.432. The lowest BCUT2D eigenvalue weighted by Gasteiger charge is -2.16. The van der Waals surface area contributed by atoms with Gasteiger partial charge in [0.1, 0.15) is 11.4 Å². The maximum Gasteiger partial charge on any atom is 0.305 e. The topological polar surface area (TPSA) is 83.7 Å². The molecule has 0 aliphatic carbocycles. The first kappa shape index (κ1) is 13.3.